The molecule has 0 bridgehead atoms. The van der Waals surface area contributed by atoms with Crippen LogP contribution in [0.2, 0.25) is 0 Å². The molecule has 142 valence electrons. The summed E-state index contributed by atoms with van der Waals surface area (Å²) in [6.45, 7) is 24.3. The van der Waals surface area contributed by atoms with Crippen molar-refractivity contribution >= 4 is 11.9 Å². The topological polar surface area (TPSA) is 55.4 Å². The van der Waals surface area contributed by atoms with Gasteiger partial charge in [-0.3, -0.25) is 0 Å². The van der Waals surface area contributed by atoms with Crippen molar-refractivity contribution in [1.82, 2.24) is 5.32 Å². The summed E-state index contributed by atoms with van der Waals surface area (Å²) in [6.07, 6.45) is 1.85. The van der Waals surface area contributed by atoms with E-state index >= 15 is 0 Å². The van der Waals surface area contributed by atoms with E-state index in [9.17, 15) is 9.59 Å². The van der Waals surface area contributed by atoms with Crippen molar-refractivity contribution < 1.29 is 14.3 Å². The van der Waals surface area contributed by atoms with Crippen LogP contribution in [0.1, 0.15) is 95.9 Å². The lowest BCUT2D eigenvalue weighted by atomic mass is 10.0. The molecule has 0 saturated carbocycles. The summed E-state index contributed by atoms with van der Waals surface area (Å²) in [5.41, 5.74) is 0.109. The van der Waals surface area contributed by atoms with Crippen molar-refractivity contribution in [2.75, 3.05) is 6.54 Å². The summed E-state index contributed by atoms with van der Waals surface area (Å²) in [6, 6.07) is 0. The van der Waals surface area contributed by atoms with Crippen molar-refractivity contribution in [2.45, 2.75) is 102 Å². The number of ether oxygens (including phenoxy) is 1. The van der Waals surface area contributed by atoms with Crippen LogP contribution in [0.15, 0.2) is 0 Å². The molecule has 0 aromatic heterocycles. The first kappa shape index (κ1) is 29.9. The minimum absolute atomic E-state index is 0.167. The SMILES string of the molecule is CC(C)(C)C.CC(C)=O.CCC.CCCNC(=O)OC(C)(C)C. The highest BCUT2D eigenvalue weighted by Crippen LogP contribution is 2.08. The molecule has 1 N–H and O–H groups in total. The molecule has 0 aliphatic carbocycles. The number of hydrogen-bond donors (Lipinski definition) is 1. The molecule has 4 nitrogen and oxygen atoms in total. The first-order valence-electron chi connectivity index (χ1n) is 8.54. The summed E-state index contributed by atoms with van der Waals surface area (Å²) in [5.74, 6) is 0.167. The highest BCUT2D eigenvalue weighted by molar-refractivity contribution is 5.72. The summed E-state index contributed by atoms with van der Waals surface area (Å²) in [5, 5.41) is 2.63. The number of rotatable bonds is 2. The first-order valence-corrected chi connectivity index (χ1v) is 8.54. The Morgan fingerprint density at radius 1 is 0.870 bits per heavy atom. The zero-order valence-electron chi connectivity index (χ0n) is 17.8. The van der Waals surface area contributed by atoms with Crippen LogP contribution >= 0.6 is 0 Å². The maximum absolute atomic E-state index is 10.9. The minimum atomic E-state index is -0.391. The van der Waals surface area contributed by atoms with Gasteiger partial charge in [-0.2, -0.15) is 0 Å². The second-order valence-electron chi connectivity index (χ2n) is 8.04. The van der Waals surface area contributed by atoms with Gasteiger partial charge >= 0.3 is 6.09 Å². The zero-order valence-corrected chi connectivity index (χ0v) is 17.8. The van der Waals surface area contributed by atoms with Crippen LogP contribution in [0.25, 0.3) is 0 Å². The minimum Gasteiger partial charge on any atom is -0.444 e. The maximum atomic E-state index is 10.9. The Hall–Kier alpha value is -1.06. The van der Waals surface area contributed by atoms with Gasteiger partial charge in [0.05, 0.1) is 0 Å². The van der Waals surface area contributed by atoms with Crippen LogP contribution in [0.3, 0.4) is 0 Å². The molecule has 0 aliphatic heterocycles. The van der Waals surface area contributed by atoms with Gasteiger partial charge in [0.1, 0.15) is 11.4 Å². The Morgan fingerprint density at radius 2 is 1.13 bits per heavy atom. The van der Waals surface area contributed by atoms with E-state index in [-0.39, 0.29) is 11.9 Å². The summed E-state index contributed by atoms with van der Waals surface area (Å²) >= 11 is 0. The summed E-state index contributed by atoms with van der Waals surface area (Å²) in [7, 11) is 0. The Bertz CT molecular complexity index is 263. The largest absolute Gasteiger partial charge is 0.444 e. The quantitative estimate of drug-likeness (QED) is 0.675. The molecule has 0 saturated heterocycles. The predicted octanol–water partition coefficient (Wildman–Crippen LogP) is 5.99. The monoisotopic (exact) mass is 333 g/mol. The Kier molecular flexibility index (Phi) is 22.5. The molecule has 0 rings (SSSR count). The van der Waals surface area contributed by atoms with Gasteiger partial charge in [0.25, 0.3) is 0 Å². The van der Waals surface area contributed by atoms with Crippen LogP contribution in [0, 0.1) is 5.41 Å². The van der Waals surface area contributed by atoms with Gasteiger partial charge in [-0.05, 0) is 46.5 Å². The summed E-state index contributed by atoms with van der Waals surface area (Å²) in [4.78, 5) is 20.3. The lowest BCUT2D eigenvalue weighted by Gasteiger charge is -2.19. The second-order valence-corrected chi connectivity index (χ2v) is 8.04. The molecule has 0 heterocycles. The normalized spacial score (nSPS) is 9.74. The molecule has 4 heteroatoms. The van der Waals surface area contributed by atoms with Crippen LogP contribution in [-0.4, -0.2) is 24.0 Å². The third-order valence-corrected chi connectivity index (χ3v) is 0.918. The molecule has 0 aromatic carbocycles. The van der Waals surface area contributed by atoms with Gasteiger partial charge in [0.15, 0.2) is 0 Å². The van der Waals surface area contributed by atoms with Gasteiger partial charge < -0.3 is 14.8 Å². The number of ketones is 1. The van der Waals surface area contributed by atoms with Gasteiger partial charge in [0.2, 0.25) is 0 Å². The van der Waals surface area contributed by atoms with E-state index in [2.05, 4.69) is 46.9 Å². The molecule has 1 amide bonds. The predicted molar refractivity (Wildman–Crippen MR) is 102 cm³/mol. The Balaban J connectivity index is -0.000000125. The van der Waals surface area contributed by atoms with Crippen molar-refractivity contribution in [3.63, 3.8) is 0 Å². The third kappa shape index (κ3) is 119. The molecule has 0 aromatic rings. The smallest absolute Gasteiger partial charge is 0.407 e. The van der Waals surface area contributed by atoms with Crippen LogP contribution in [-0.2, 0) is 9.53 Å². The second kappa shape index (κ2) is 17.3. The number of Topliss-reactive ketones (excluding diaryl/α,β-unsaturated/α-hetero) is 1. The van der Waals surface area contributed by atoms with Gasteiger partial charge in [-0.15, -0.1) is 0 Å². The van der Waals surface area contributed by atoms with E-state index in [1.165, 1.54) is 20.3 Å². The van der Waals surface area contributed by atoms with Crippen LogP contribution in [0.5, 0.6) is 0 Å². The molecule has 23 heavy (non-hydrogen) atoms. The lowest BCUT2D eigenvalue weighted by Crippen LogP contribution is -2.32. The van der Waals surface area contributed by atoms with Crippen molar-refractivity contribution in [3.8, 4) is 0 Å². The molecule has 0 atom stereocenters. The van der Waals surface area contributed by atoms with E-state index in [0.717, 1.165) is 6.42 Å². The first-order chi connectivity index (χ1) is 10.1. The average molecular weight is 334 g/mol. The molecule has 0 radical (unpaired) electrons. The van der Waals surface area contributed by atoms with E-state index in [4.69, 9.17) is 4.74 Å². The van der Waals surface area contributed by atoms with E-state index < -0.39 is 5.60 Å². The fraction of sp³-hybridized carbons (Fsp3) is 0.895. The number of amides is 1. The number of hydrogen-bond acceptors (Lipinski definition) is 3. The number of nitrogens with one attached hydrogen (secondary N) is 1. The van der Waals surface area contributed by atoms with Crippen molar-refractivity contribution in [3.05, 3.63) is 0 Å². The molecular formula is C19H43NO3. The average Bonchev–Trinajstić information content (AvgIpc) is 2.21. The van der Waals surface area contributed by atoms with Gasteiger partial charge in [0, 0.05) is 6.54 Å². The van der Waals surface area contributed by atoms with Gasteiger partial charge in [-0.25, -0.2) is 4.79 Å². The molecule has 0 aliphatic rings. The fourth-order valence-electron chi connectivity index (χ4n) is 0.541. The van der Waals surface area contributed by atoms with Crippen molar-refractivity contribution in [1.29, 1.82) is 0 Å². The maximum Gasteiger partial charge on any atom is 0.407 e. The number of alkyl carbamates (subject to hydrolysis) is 1. The lowest BCUT2D eigenvalue weighted by molar-refractivity contribution is -0.115. The van der Waals surface area contributed by atoms with E-state index in [0.29, 0.717) is 12.0 Å². The highest BCUT2D eigenvalue weighted by atomic mass is 16.6. The Morgan fingerprint density at radius 3 is 1.30 bits per heavy atom. The molecular weight excluding hydrogens is 290 g/mol. The molecule has 0 fully saturated rings. The standard InChI is InChI=1S/C8H17NO2.C5H12.C3H6O.C3H8/c1-5-6-9-7(10)11-8(2,3)4;1-5(2,3)4;1-3(2)4;1-3-2/h5-6H2,1-4H3,(H,9,10);1-4H3;1-2H3;3H2,1-2H3. The highest BCUT2D eigenvalue weighted by Gasteiger charge is 2.14. The van der Waals surface area contributed by atoms with E-state index in [1.54, 1.807) is 0 Å². The van der Waals surface area contributed by atoms with Crippen molar-refractivity contribution in [2.24, 2.45) is 5.41 Å². The third-order valence-electron chi connectivity index (χ3n) is 0.918. The van der Waals surface area contributed by atoms with E-state index in [1.807, 2.05) is 27.7 Å². The Labute approximate surface area is 145 Å². The molecule has 0 spiro atoms. The summed E-state index contributed by atoms with van der Waals surface area (Å²) < 4.78 is 4.99. The zero-order chi connectivity index (χ0) is 19.7. The fourth-order valence-corrected chi connectivity index (χ4v) is 0.541. The van der Waals surface area contributed by atoms with Gasteiger partial charge in [-0.1, -0.05) is 54.9 Å². The molecule has 0 unspecified atom stereocenters. The van der Waals surface area contributed by atoms with Crippen LogP contribution < -0.4 is 5.32 Å². The number of carbonyl (C=O) groups is 2. The number of carbonyl (C=O) groups excluding carboxylic acids is 2. The van der Waals surface area contributed by atoms with Crippen LogP contribution in [0.4, 0.5) is 4.79 Å².